The van der Waals surface area contributed by atoms with Gasteiger partial charge in [-0.1, -0.05) is 41.5 Å². The Balaban J connectivity index is 2.37. The molecule has 2 rings (SSSR count). The minimum atomic E-state index is -1.91. The molecule has 1 aliphatic carbocycles. The number of fused-ring (bicyclic) bond motifs is 1. The first kappa shape index (κ1) is 30.6. The third-order valence-corrected chi connectivity index (χ3v) is 6.30. The van der Waals surface area contributed by atoms with Crippen LogP contribution < -0.4 is 0 Å². The van der Waals surface area contributed by atoms with E-state index in [1.54, 1.807) is 0 Å². The zero-order valence-corrected chi connectivity index (χ0v) is 23.0. The van der Waals surface area contributed by atoms with Crippen molar-refractivity contribution in [2.24, 2.45) is 29.6 Å². The lowest BCUT2D eigenvalue weighted by Gasteiger charge is -2.40. The molecule has 1 saturated carbocycles. The molecule has 0 aromatic rings. The molecule has 0 bridgehead atoms. The van der Waals surface area contributed by atoms with E-state index in [-0.39, 0.29) is 56.0 Å². The van der Waals surface area contributed by atoms with Crippen molar-refractivity contribution < 1.29 is 48.0 Å². The van der Waals surface area contributed by atoms with Gasteiger partial charge in [0, 0.05) is 37.7 Å². The van der Waals surface area contributed by atoms with Crippen LogP contribution in [0.5, 0.6) is 0 Å². The van der Waals surface area contributed by atoms with Crippen LogP contribution in [0.25, 0.3) is 0 Å². The summed E-state index contributed by atoms with van der Waals surface area (Å²) in [4.78, 5) is 48.9. The van der Waals surface area contributed by atoms with Crippen LogP contribution in [0, 0.1) is 29.6 Å². The SMILES string of the molecule is CC(=O)O[C@H]1C[C@@H]2C(COC(=O)CC(C)C)=CO[C@H](OC(=O)CC(C)C)[C@H]2[C@@]1(O)COC(=O)CC(C)C. The van der Waals surface area contributed by atoms with Crippen molar-refractivity contribution in [3.63, 3.8) is 0 Å². The van der Waals surface area contributed by atoms with E-state index < -0.39 is 54.3 Å². The maximum atomic E-state index is 12.5. The summed E-state index contributed by atoms with van der Waals surface area (Å²) in [7, 11) is 0. The van der Waals surface area contributed by atoms with E-state index in [1.807, 2.05) is 41.5 Å². The number of hydrogen-bond donors (Lipinski definition) is 1. The molecule has 0 aromatic heterocycles. The van der Waals surface area contributed by atoms with Crippen molar-refractivity contribution in [2.45, 2.75) is 92.1 Å². The van der Waals surface area contributed by atoms with Crippen molar-refractivity contribution in [1.82, 2.24) is 0 Å². The molecule has 5 atom stereocenters. The van der Waals surface area contributed by atoms with Gasteiger partial charge in [-0.2, -0.15) is 0 Å². The van der Waals surface area contributed by atoms with Gasteiger partial charge in [0.1, 0.15) is 24.9 Å². The molecule has 1 N–H and O–H groups in total. The summed E-state index contributed by atoms with van der Waals surface area (Å²) in [6, 6.07) is 0. The normalized spacial score (nSPS) is 26.8. The van der Waals surface area contributed by atoms with Crippen LogP contribution in [0.3, 0.4) is 0 Å². The highest BCUT2D eigenvalue weighted by atomic mass is 16.7. The summed E-state index contributed by atoms with van der Waals surface area (Å²) in [5.41, 5.74) is -1.37. The van der Waals surface area contributed by atoms with E-state index in [0.29, 0.717) is 5.57 Å². The topological polar surface area (TPSA) is 135 Å². The molecule has 1 aliphatic heterocycles. The molecule has 0 unspecified atom stereocenters. The van der Waals surface area contributed by atoms with Gasteiger partial charge in [-0.25, -0.2) is 0 Å². The number of hydrogen-bond acceptors (Lipinski definition) is 10. The molecule has 2 aliphatic rings. The Bertz CT molecular complexity index is 861. The molecule has 1 heterocycles. The summed E-state index contributed by atoms with van der Waals surface area (Å²) >= 11 is 0. The summed E-state index contributed by atoms with van der Waals surface area (Å²) in [6.07, 6.45) is -0.270. The van der Waals surface area contributed by atoms with E-state index in [4.69, 9.17) is 23.7 Å². The minimum absolute atomic E-state index is 0.0339. The fourth-order valence-electron chi connectivity index (χ4n) is 4.72. The summed E-state index contributed by atoms with van der Waals surface area (Å²) < 4.78 is 27.7. The molecule has 0 aromatic carbocycles. The first-order valence-electron chi connectivity index (χ1n) is 13.0. The van der Waals surface area contributed by atoms with Crippen molar-refractivity contribution in [3.05, 3.63) is 11.8 Å². The van der Waals surface area contributed by atoms with Crippen molar-refractivity contribution in [1.29, 1.82) is 0 Å². The highest BCUT2D eigenvalue weighted by molar-refractivity contribution is 5.71. The van der Waals surface area contributed by atoms with Gasteiger partial charge in [-0.3, -0.25) is 19.2 Å². The van der Waals surface area contributed by atoms with Gasteiger partial charge in [-0.15, -0.1) is 0 Å². The van der Waals surface area contributed by atoms with Gasteiger partial charge in [0.05, 0.1) is 12.2 Å². The van der Waals surface area contributed by atoms with Crippen LogP contribution in [0.15, 0.2) is 11.8 Å². The van der Waals surface area contributed by atoms with Crippen LogP contribution >= 0.6 is 0 Å². The Morgan fingerprint density at radius 1 is 0.919 bits per heavy atom. The Morgan fingerprint density at radius 2 is 1.46 bits per heavy atom. The van der Waals surface area contributed by atoms with Crippen molar-refractivity contribution in [3.8, 4) is 0 Å². The average Bonchev–Trinajstić information content (AvgIpc) is 3.02. The van der Waals surface area contributed by atoms with Crippen LogP contribution in [0.2, 0.25) is 0 Å². The standard InChI is InChI=1S/C27H42O10/c1-15(2)8-22(29)33-12-19-13-34-26(37-24(31)10-17(5)6)25-20(19)11-21(36-18(7)28)27(25,32)14-35-23(30)9-16(3)4/h13,15-17,20-21,25-26,32H,8-12,14H2,1-7H3/t20-,21+,25+,26-,27-/m1/s1. The maximum absolute atomic E-state index is 12.5. The molecule has 0 spiro atoms. The van der Waals surface area contributed by atoms with E-state index in [2.05, 4.69) is 0 Å². The van der Waals surface area contributed by atoms with Crippen LogP contribution in [0.1, 0.15) is 74.1 Å². The number of carbonyl (C=O) groups is 4. The third-order valence-electron chi connectivity index (χ3n) is 6.30. The Labute approximate surface area is 219 Å². The third kappa shape index (κ3) is 8.72. The van der Waals surface area contributed by atoms with Crippen LogP contribution in [0.4, 0.5) is 0 Å². The highest BCUT2D eigenvalue weighted by Gasteiger charge is 2.63. The van der Waals surface area contributed by atoms with Crippen molar-refractivity contribution in [2.75, 3.05) is 13.2 Å². The molecule has 0 saturated heterocycles. The first-order valence-corrected chi connectivity index (χ1v) is 13.0. The first-order chi connectivity index (χ1) is 17.2. The predicted octanol–water partition coefficient (Wildman–Crippen LogP) is 3.29. The Morgan fingerprint density at radius 3 is 2.00 bits per heavy atom. The molecule has 210 valence electrons. The van der Waals surface area contributed by atoms with Crippen LogP contribution in [-0.4, -0.2) is 60.2 Å². The smallest absolute Gasteiger partial charge is 0.309 e. The number of ether oxygens (including phenoxy) is 5. The van der Waals surface area contributed by atoms with E-state index in [9.17, 15) is 24.3 Å². The van der Waals surface area contributed by atoms with Gasteiger partial charge >= 0.3 is 23.9 Å². The van der Waals surface area contributed by atoms with Gasteiger partial charge in [0.2, 0.25) is 6.29 Å². The molecule has 10 heteroatoms. The quantitative estimate of drug-likeness (QED) is 0.298. The van der Waals surface area contributed by atoms with Gasteiger partial charge in [0.15, 0.2) is 0 Å². The van der Waals surface area contributed by atoms with Gasteiger partial charge in [-0.05, 0) is 24.2 Å². The lowest BCUT2D eigenvalue weighted by Crippen LogP contribution is -2.55. The van der Waals surface area contributed by atoms with Gasteiger partial charge in [0.25, 0.3) is 0 Å². The number of esters is 4. The second kappa shape index (κ2) is 13.3. The van der Waals surface area contributed by atoms with Gasteiger partial charge < -0.3 is 28.8 Å². The summed E-state index contributed by atoms with van der Waals surface area (Å²) in [5.74, 6) is -3.33. The highest BCUT2D eigenvalue weighted by Crippen LogP contribution is 2.50. The van der Waals surface area contributed by atoms with E-state index in [1.165, 1.54) is 13.2 Å². The zero-order chi connectivity index (χ0) is 27.9. The second-order valence-electron chi connectivity index (χ2n) is 11.3. The largest absolute Gasteiger partial charge is 0.462 e. The molecule has 10 nitrogen and oxygen atoms in total. The molecule has 37 heavy (non-hydrogen) atoms. The predicted molar refractivity (Wildman–Crippen MR) is 131 cm³/mol. The molecule has 0 amide bonds. The molecule has 1 fully saturated rings. The van der Waals surface area contributed by atoms with E-state index >= 15 is 0 Å². The van der Waals surface area contributed by atoms with E-state index in [0.717, 1.165) is 0 Å². The molecule has 0 radical (unpaired) electrons. The average molecular weight is 527 g/mol. The summed E-state index contributed by atoms with van der Waals surface area (Å²) in [6.45, 7) is 11.9. The maximum Gasteiger partial charge on any atom is 0.309 e. The Kier molecular flexibility index (Phi) is 11.0. The number of aliphatic hydroxyl groups is 1. The number of carbonyl (C=O) groups excluding carboxylic acids is 4. The number of rotatable bonds is 12. The lowest BCUT2D eigenvalue weighted by molar-refractivity contribution is -0.225. The zero-order valence-electron chi connectivity index (χ0n) is 23.0. The monoisotopic (exact) mass is 526 g/mol. The molecular weight excluding hydrogens is 484 g/mol. The fourth-order valence-corrected chi connectivity index (χ4v) is 4.72. The van der Waals surface area contributed by atoms with Crippen LogP contribution in [-0.2, 0) is 42.9 Å². The minimum Gasteiger partial charge on any atom is -0.462 e. The fraction of sp³-hybridized carbons (Fsp3) is 0.778. The second-order valence-corrected chi connectivity index (χ2v) is 11.3. The Hall–Kier alpha value is -2.62. The lowest BCUT2D eigenvalue weighted by atomic mass is 9.80. The molecular formula is C27H42O10. The van der Waals surface area contributed by atoms with Crippen molar-refractivity contribution >= 4 is 23.9 Å². The summed E-state index contributed by atoms with van der Waals surface area (Å²) in [5, 5.41) is 11.9.